The monoisotopic (exact) mass is 300 g/mol. The topological polar surface area (TPSA) is 58.9 Å². The average Bonchev–Trinajstić information content (AvgIpc) is 2.35. The van der Waals surface area contributed by atoms with E-state index in [0.717, 1.165) is 0 Å². The Kier molecular flexibility index (Phi) is 5.89. The second-order valence-corrected chi connectivity index (χ2v) is 6.02. The van der Waals surface area contributed by atoms with Crippen LogP contribution in [-0.4, -0.2) is 40.9 Å². The molecule has 0 radical (unpaired) electrons. The van der Waals surface area contributed by atoms with E-state index in [1.165, 1.54) is 0 Å². The van der Waals surface area contributed by atoms with Crippen molar-refractivity contribution in [3.05, 3.63) is 24.3 Å². The summed E-state index contributed by atoms with van der Waals surface area (Å²) in [5, 5.41) is 20.1. The van der Waals surface area contributed by atoms with Crippen LogP contribution in [0.5, 0.6) is 5.75 Å². The van der Waals surface area contributed by atoms with Crippen LogP contribution in [0.15, 0.2) is 24.3 Å². The smallest absolute Gasteiger partial charge is 0.491 e. The highest BCUT2D eigenvalue weighted by atomic mass is 35.5. The highest BCUT2D eigenvalue weighted by molar-refractivity contribution is 6.60. The molecular formula is C14H22BClO4. The minimum absolute atomic E-state index is 0.424. The first-order valence-electron chi connectivity index (χ1n) is 6.54. The van der Waals surface area contributed by atoms with Gasteiger partial charge in [-0.3, -0.25) is 0 Å². The van der Waals surface area contributed by atoms with Crippen molar-refractivity contribution in [3.8, 4) is 5.75 Å². The summed E-state index contributed by atoms with van der Waals surface area (Å²) >= 11 is 5.54. The van der Waals surface area contributed by atoms with Crippen molar-refractivity contribution in [3.63, 3.8) is 0 Å². The van der Waals surface area contributed by atoms with Gasteiger partial charge in [-0.1, -0.05) is 12.1 Å². The number of hydrogen-bond donors (Lipinski definition) is 2. The molecule has 0 saturated heterocycles. The van der Waals surface area contributed by atoms with Crippen LogP contribution in [0.2, 0.25) is 0 Å². The lowest BCUT2D eigenvalue weighted by molar-refractivity contribution is -0.0982. The van der Waals surface area contributed by atoms with Crippen molar-refractivity contribution < 1.29 is 19.5 Å². The number of hydrogen-bond acceptors (Lipinski definition) is 4. The Labute approximate surface area is 125 Å². The number of benzene rings is 1. The van der Waals surface area contributed by atoms with Crippen LogP contribution in [0.3, 0.4) is 0 Å². The Morgan fingerprint density at radius 3 is 2.15 bits per heavy atom. The lowest BCUT2D eigenvalue weighted by Crippen LogP contribution is -2.53. The standard InChI is InChI=1S/C14H22BClO4/c1-13(2,17)14(3,4)20-15(18)11-5-7-12(8-6-11)19-10-9-16/h5-8,17-18H,9-10H2,1-4H3. The molecule has 0 saturated carbocycles. The molecule has 0 unspecified atom stereocenters. The Balaban J connectivity index is 2.71. The molecular weight excluding hydrogens is 278 g/mol. The van der Waals surface area contributed by atoms with E-state index in [1.807, 2.05) is 0 Å². The fraction of sp³-hybridized carbons (Fsp3) is 0.571. The Morgan fingerprint density at radius 1 is 1.15 bits per heavy atom. The summed E-state index contributed by atoms with van der Waals surface area (Å²) in [6.07, 6.45) is 0. The molecule has 0 amide bonds. The first kappa shape index (κ1) is 17.3. The molecule has 1 rings (SSSR count). The van der Waals surface area contributed by atoms with Gasteiger partial charge in [-0.25, -0.2) is 0 Å². The van der Waals surface area contributed by atoms with Crippen LogP contribution >= 0.6 is 11.6 Å². The zero-order valence-corrected chi connectivity index (χ0v) is 13.1. The predicted octanol–water partition coefficient (Wildman–Crippen LogP) is 1.56. The highest BCUT2D eigenvalue weighted by Crippen LogP contribution is 2.25. The van der Waals surface area contributed by atoms with Crippen molar-refractivity contribution in [2.45, 2.75) is 38.9 Å². The van der Waals surface area contributed by atoms with E-state index in [0.29, 0.717) is 23.7 Å². The molecule has 0 spiro atoms. The molecule has 0 heterocycles. The SMILES string of the molecule is CC(C)(O)C(C)(C)OB(O)c1ccc(OCCCl)cc1. The molecule has 0 atom stereocenters. The Bertz CT molecular complexity index is 414. The molecule has 20 heavy (non-hydrogen) atoms. The fourth-order valence-corrected chi connectivity index (χ4v) is 1.45. The molecule has 0 bridgehead atoms. The quantitative estimate of drug-likeness (QED) is 0.593. The average molecular weight is 301 g/mol. The van der Waals surface area contributed by atoms with Gasteiger partial charge < -0.3 is 19.5 Å². The lowest BCUT2D eigenvalue weighted by Gasteiger charge is -2.38. The maximum Gasteiger partial charge on any atom is 0.491 e. The summed E-state index contributed by atoms with van der Waals surface area (Å²) in [6.45, 7) is 7.18. The summed E-state index contributed by atoms with van der Waals surface area (Å²) in [5.41, 5.74) is -1.36. The van der Waals surface area contributed by atoms with Gasteiger partial charge in [0, 0.05) is 0 Å². The van der Waals surface area contributed by atoms with Gasteiger partial charge in [-0.15, -0.1) is 11.6 Å². The number of halogens is 1. The van der Waals surface area contributed by atoms with Crippen LogP contribution in [0, 0.1) is 0 Å². The molecule has 1 aromatic rings. The van der Waals surface area contributed by atoms with Gasteiger partial charge in [0.05, 0.1) is 17.1 Å². The maximum absolute atomic E-state index is 10.1. The summed E-state index contributed by atoms with van der Waals surface area (Å²) in [6, 6.07) is 6.92. The predicted molar refractivity (Wildman–Crippen MR) is 81.7 cm³/mol. The van der Waals surface area contributed by atoms with Gasteiger partial charge in [0.2, 0.25) is 0 Å². The number of rotatable bonds is 7. The zero-order valence-electron chi connectivity index (χ0n) is 12.4. The van der Waals surface area contributed by atoms with Crippen LogP contribution in [-0.2, 0) is 4.65 Å². The minimum atomic E-state index is -1.11. The zero-order chi connectivity index (χ0) is 15.4. The van der Waals surface area contributed by atoms with E-state index >= 15 is 0 Å². The highest BCUT2D eigenvalue weighted by Gasteiger charge is 2.39. The van der Waals surface area contributed by atoms with Gasteiger partial charge in [0.25, 0.3) is 0 Å². The number of alkyl halides is 1. The Hall–Kier alpha value is -0.745. The third kappa shape index (κ3) is 4.67. The molecule has 0 aromatic heterocycles. The van der Waals surface area contributed by atoms with Crippen LogP contribution in [0.4, 0.5) is 0 Å². The molecule has 0 aliphatic rings. The fourth-order valence-electron chi connectivity index (χ4n) is 1.38. The molecule has 0 aliphatic heterocycles. The molecule has 112 valence electrons. The van der Waals surface area contributed by atoms with E-state index in [2.05, 4.69) is 0 Å². The van der Waals surface area contributed by atoms with E-state index in [-0.39, 0.29) is 0 Å². The third-order valence-corrected chi connectivity index (χ3v) is 3.55. The molecule has 4 nitrogen and oxygen atoms in total. The molecule has 0 aliphatic carbocycles. The van der Waals surface area contributed by atoms with E-state index in [4.69, 9.17) is 21.0 Å². The Morgan fingerprint density at radius 2 is 1.70 bits per heavy atom. The van der Waals surface area contributed by atoms with E-state index in [1.54, 1.807) is 52.0 Å². The molecule has 2 N–H and O–H groups in total. The second-order valence-electron chi connectivity index (χ2n) is 5.65. The third-order valence-electron chi connectivity index (χ3n) is 3.39. The van der Waals surface area contributed by atoms with Crippen LogP contribution in [0.1, 0.15) is 27.7 Å². The lowest BCUT2D eigenvalue weighted by atomic mass is 9.76. The first-order valence-corrected chi connectivity index (χ1v) is 7.08. The second kappa shape index (κ2) is 6.81. The number of aliphatic hydroxyl groups is 1. The summed E-state index contributed by atoms with van der Waals surface area (Å²) in [5.74, 6) is 1.11. The van der Waals surface area contributed by atoms with Crippen molar-refractivity contribution in [1.29, 1.82) is 0 Å². The van der Waals surface area contributed by atoms with E-state index < -0.39 is 18.3 Å². The maximum atomic E-state index is 10.1. The molecule has 1 aromatic carbocycles. The van der Waals surface area contributed by atoms with Gasteiger partial charge in [0.15, 0.2) is 0 Å². The largest absolute Gasteiger partial charge is 0.492 e. The van der Waals surface area contributed by atoms with Crippen molar-refractivity contribution in [2.24, 2.45) is 0 Å². The van der Waals surface area contributed by atoms with Crippen LogP contribution < -0.4 is 10.2 Å². The van der Waals surface area contributed by atoms with E-state index in [9.17, 15) is 10.1 Å². The summed E-state index contributed by atoms with van der Waals surface area (Å²) in [7, 11) is -1.11. The van der Waals surface area contributed by atoms with Crippen molar-refractivity contribution in [2.75, 3.05) is 12.5 Å². The van der Waals surface area contributed by atoms with Crippen molar-refractivity contribution >= 4 is 24.2 Å². The first-order chi connectivity index (χ1) is 9.17. The van der Waals surface area contributed by atoms with Gasteiger partial charge in [0.1, 0.15) is 12.4 Å². The van der Waals surface area contributed by atoms with Gasteiger partial charge in [-0.2, -0.15) is 0 Å². The normalized spacial score (nSPS) is 12.3. The summed E-state index contributed by atoms with van der Waals surface area (Å²) in [4.78, 5) is 0. The summed E-state index contributed by atoms with van der Waals surface area (Å²) < 4.78 is 10.9. The minimum Gasteiger partial charge on any atom is -0.492 e. The van der Waals surface area contributed by atoms with Crippen molar-refractivity contribution in [1.82, 2.24) is 0 Å². The molecule has 0 fully saturated rings. The van der Waals surface area contributed by atoms with Gasteiger partial charge in [-0.05, 0) is 45.3 Å². The van der Waals surface area contributed by atoms with Crippen LogP contribution in [0.25, 0.3) is 0 Å². The van der Waals surface area contributed by atoms with Gasteiger partial charge >= 0.3 is 7.12 Å². The molecule has 6 heteroatoms. The number of ether oxygens (including phenoxy) is 1.